The Labute approximate surface area is 98.0 Å². The molecule has 1 aliphatic heterocycles. The molecule has 0 aliphatic carbocycles. The lowest BCUT2D eigenvalue weighted by Crippen LogP contribution is -2.52. The van der Waals surface area contributed by atoms with E-state index in [1.807, 2.05) is 0 Å². The first-order valence-electron chi connectivity index (χ1n) is 5.84. The van der Waals surface area contributed by atoms with Crippen molar-refractivity contribution < 1.29 is 4.74 Å². The molecule has 0 aromatic heterocycles. The number of aryl methyl sites for hydroxylation is 2. The predicted molar refractivity (Wildman–Crippen MR) is 67.0 cm³/mol. The van der Waals surface area contributed by atoms with Gasteiger partial charge in [0.2, 0.25) is 0 Å². The van der Waals surface area contributed by atoms with E-state index < -0.39 is 0 Å². The number of benzene rings is 1. The van der Waals surface area contributed by atoms with Crippen LogP contribution in [0.3, 0.4) is 0 Å². The largest absolute Gasteiger partial charge is 0.496 e. The Hall–Kier alpha value is -1.02. The summed E-state index contributed by atoms with van der Waals surface area (Å²) in [5, 5.41) is 3.52. The van der Waals surface area contributed by atoms with Gasteiger partial charge in [0.25, 0.3) is 0 Å². The molecule has 1 fully saturated rings. The molecule has 1 aromatic rings. The van der Waals surface area contributed by atoms with Gasteiger partial charge in [0.1, 0.15) is 5.75 Å². The summed E-state index contributed by atoms with van der Waals surface area (Å²) in [6.45, 7) is 9.99. The molecule has 1 aliphatic rings. The molecule has 1 atom stereocenters. The van der Waals surface area contributed by atoms with Crippen molar-refractivity contribution in [3.63, 3.8) is 0 Å². The summed E-state index contributed by atoms with van der Waals surface area (Å²) in [7, 11) is 1.73. The molecule has 1 aromatic carbocycles. The Balaban J connectivity index is 2.39. The molecule has 88 valence electrons. The molecule has 1 saturated heterocycles. The summed E-state index contributed by atoms with van der Waals surface area (Å²) in [6, 6.07) is 4.88. The minimum atomic E-state index is 0.367. The van der Waals surface area contributed by atoms with E-state index in [1.165, 1.54) is 16.7 Å². The van der Waals surface area contributed by atoms with E-state index in [0.29, 0.717) is 11.5 Å². The van der Waals surface area contributed by atoms with Crippen molar-refractivity contribution in [2.75, 3.05) is 13.7 Å². The lowest BCUT2D eigenvalue weighted by Gasteiger charge is -2.46. The molecule has 1 N–H and O–H groups in total. The molecule has 16 heavy (non-hydrogen) atoms. The smallest absolute Gasteiger partial charge is 0.122 e. The number of hydrogen-bond acceptors (Lipinski definition) is 2. The highest BCUT2D eigenvalue weighted by molar-refractivity contribution is 5.44. The number of hydrogen-bond donors (Lipinski definition) is 1. The van der Waals surface area contributed by atoms with Gasteiger partial charge in [-0.2, -0.15) is 0 Å². The van der Waals surface area contributed by atoms with Crippen molar-refractivity contribution in [2.45, 2.75) is 33.7 Å². The second-order valence-electron chi connectivity index (χ2n) is 5.48. The molecule has 1 heterocycles. The van der Waals surface area contributed by atoms with Gasteiger partial charge < -0.3 is 10.1 Å². The average molecular weight is 219 g/mol. The predicted octanol–water partition coefficient (Wildman–Crippen LogP) is 2.98. The van der Waals surface area contributed by atoms with Crippen LogP contribution >= 0.6 is 0 Å². The molecule has 0 radical (unpaired) electrons. The molecule has 2 heteroatoms. The highest BCUT2D eigenvalue weighted by Gasteiger charge is 2.39. The Bertz CT molecular complexity index is 409. The SMILES string of the molecule is COc1cc(C)c(C2NCC2(C)C)cc1C. The summed E-state index contributed by atoms with van der Waals surface area (Å²) in [5.74, 6) is 0.985. The van der Waals surface area contributed by atoms with Gasteiger partial charge in [-0.1, -0.05) is 19.9 Å². The Morgan fingerprint density at radius 2 is 1.94 bits per heavy atom. The van der Waals surface area contributed by atoms with Crippen molar-refractivity contribution in [1.82, 2.24) is 5.32 Å². The lowest BCUT2D eigenvalue weighted by atomic mass is 9.72. The third-order valence-corrected chi connectivity index (χ3v) is 3.64. The summed E-state index contributed by atoms with van der Waals surface area (Å²) in [6.07, 6.45) is 0. The molecule has 1 unspecified atom stereocenters. The number of ether oxygens (including phenoxy) is 1. The van der Waals surface area contributed by atoms with E-state index in [9.17, 15) is 0 Å². The van der Waals surface area contributed by atoms with Crippen LogP contribution in [0.4, 0.5) is 0 Å². The van der Waals surface area contributed by atoms with E-state index in [0.717, 1.165) is 12.3 Å². The fourth-order valence-corrected chi connectivity index (χ4v) is 2.49. The third kappa shape index (κ3) is 1.71. The zero-order valence-electron chi connectivity index (χ0n) is 10.8. The van der Waals surface area contributed by atoms with E-state index in [-0.39, 0.29) is 0 Å². The summed E-state index contributed by atoms with van der Waals surface area (Å²) < 4.78 is 5.34. The minimum Gasteiger partial charge on any atom is -0.496 e. The Kier molecular flexibility index (Phi) is 2.70. The van der Waals surface area contributed by atoms with Crippen LogP contribution in [0.5, 0.6) is 5.75 Å². The zero-order chi connectivity index (χ0) is 11.9. The maximum absolute atomic E-state index is 5.34. The maximum Gasteiger partial charge on any atom is 0.122 e. The van der Waals surface area contributed by atoms with E-state index in [1.54, 1.807) is 7.11 Å². The molecule has 0 spiro atoms. The second kappa shape index (κ2) is 3.77. The Morgan fingerprint density at radius 3 is 2.38 bits per heavy atom. The highest BCUT2D eigenvalue weighted by atomic mass is 16.5. The van der Waals surface area contributed by atoms with Crippen molar-refractivity contribution in [1.29, 1.82) is 0 Å². The summed E-state index contributed by atoms with van der Waals surface area (Å²) in [4.78, 5) is 0. The van der Waals surface area contributed by atoms with Crippen LogP contribution in [0, 0.1) is 19.3 Å². The first-order chi connectivity index (χ1) is 7.45. The molecular formula is C14H21NO. The molecule has 0 saturated carbocycles. The van der Waals surface area contributed by atoms with Crippen LogP contribution in [-0.4, -0.2) is 13.7 Å². The van der Waals surface area contributed by atoms with Gasteiger partial charge in [-0.3, -0.25) is 0 Å². The fraction of sp³-hybridized carbons (Fsp3) is 0.571. The van der Waals surface area contributed by atoms with Gasteiger partial charge in [0, 0.05) is 12.6 Å². The van der Waals surface area contributed by atoms with Crippen molar-refractivity contribution >= 4 is 0 Å². The van der Waals surface area contributed by atoms with Crippen molar-refractivity contribution in [3.8, 4) is 5.75 Å². The minimum absolute atomic E-state index is 0.367. The third-order valence-electron chi connectivity index (χ3n) is 3.64. The molecular weight excluding hydrogens is 198 g/mol. The van der Waals surface area contributed by atoms with Crippen molar-refractivity contribution in [3.05, 3.63) is 28.8 Å². The topological polar surface area (TPSA) is 21.3 Å². The second-order valence-corrected chi connectivity index (χ2v) is 5.48. The maximum atomic E-state index is 5.34. The summed E-state index contributed by atoms with van der Waals surface area (Å²) in [5.41, 5.74) is 4.31. The fourth-order valence-electron chi connectivity index (χ4n) is 2.49. The standard InChI is InChI=1S/C14H21NO/c1-9-7-12(16-5)10(2)6-11(9)13-14(3,4)8-15-13/h6-7,13,15H,8H2,1-5H3. The first-order valence-corrected chi connectivity index (χ1v) is 5.84. The lowest BCUT2D eigenvalue weighted by molar-refractivity contribution is 0.127. The van der Waals surface area contributed by atoms with Gasteiger partial charge in [0.05, 0.1) is 7.11 Å². The van der Waals surface area contributed by atoms with E-state index in [4.69, 9.17) is 4.74 Å². The van der Waals surface area contributed by atoms with Crippen LogP contribution in [0.25, 0.3) is 0 Å². The van der Waals surface area contributed by atoms with Crippen LogP contribution in [0.1, 0.15) is 36.6 Å². The quantitative estimate of drug-likeness (QED) is 0.825. The first kappa shape index (κ1) is 11.5. The molecule has 2 rings (SSSR count). The van der Waals surface area contributed by atoms with E-state index in [2.05, 4.69) is 45.1 Å². The van der Waals surface area contributed by atoms with Gasteiger partial charge in [0.15, 0.2) is 0 Å². The van der Waals surface area contributed by atoms with Crippen LogP contribution in [0.15, 0.2) is 12.1 Å². The van der Waals surface area contributed by atoms with E-state index >= 15 is 0 Å². The number of methoxy groups -OCH3 is 1. The van der Waals surface area contributed by atoms with Crippen LogP contribution in [-0.2, 0) is 0 Å². The molecule has 2 nitrogen and oxygen atoms in total. The van der Waals surface area contributed by atoms with Gasteiger partial charge >= 0.3 is 0 Å². The van der Waals surface area contributed by atoms with Gasteiger partial charge in [-0.15, -0.1) is 0 Å². The van der Waals surface area contributed by atoms with Crippen LogP contribution in [0.2, 0.25) is 0 Å². The number of rotatable bonds is 2. The highest BCUT2D eigenvalue weighted by Crippen LogP contribution is 2.42. The average Bonchev–Trinajstić information content (AvgIpc) is 2.21. The van der Waals surface area contributed by atoms with Gasteiger partial charge in [-0.05, 0) is 42.0 Å². The summed E-state index contributed by atoms with van der Waals surface area (Å²) >= 11 is 0. The normalized spacial score (nSPS) is 22.7. The molecule has 0 bridgehead atoms. The van der Waals surface area contributed by atoms with Crippen LogP contribution < -0.4 is 10.1 Å². The molecule has 0 amide bonds. The number of nitrogens with one attached hydrogen (secondary N) is 1. The van der Waals surface area contributed by atoms with Gasteiger partial charge in [-0.25, -0.2) is 0 Å². The van der Waals surface area contributed by atoms with Crippen molar-refractivity contribution in [2.24, 2.45) is 5.41 Å². The monoisotopic (exact) mass is 219 g/mol. The zero-order valence-corrected chi connectivity index (χ0v) is 10.8. The Morgan fingerprint density at radius 1 is 1.25 bits per heavy atom.